The zero-order valence-corrected chi connectivity index (χ0v) is 13.2. The van der Waals surface area contributed by atoms with Crippen LogP contribution in [0, 0.1) is 5.92 Å². The summed E-state index contributed by atoms with van der Waals surface area (Å²) < 4.78 is 0. The normalized spacial score (nSPS) is 25.7. The number of amides is 1. The smallest absolute Gasteiger partial charge is 0.239 e. The van der Waals surface area contributed by atoms with E-state index in [1.807, 2.05) is 18.7 Å². The summed E-state index contributed by atoms with van der Waals surface area (Å²) in [6.07, 6.45) is 4.57. The van der Waals surface area contributed by atoms with Crippen LogP contribution < -0.4 is 5.73 Å². The molecule has 0 aliphatic heterocycles. The molecule has 1 aliphatic rings. The minimum atomic E-state index is -0.355. The number of nitrogens with two attached hydrogens (primary N) is 1. The number of hydrogen-bond donors (Lipinski definition) is 1. The average molecular weight is 269 g/mol. The molecule has 0 spiro atoms. The van der Waals surface area contributed by atoms with Gasteiger partial charge in [0.2, 0.25) is 5.91 Å². The molecule has 1 rings (SSSR count). The first kappa shape index (κ1) is 16.4. The molecule has 1 fully saturated rings. The Bertz CT molecular complexity index is 283. The molecule has 0 bridgehead atoms. The van der Waals surface area contributed by atoms with E-state index in [2.05, 4.69) is 25.9 Å². The standard InChI is InChI=1S/C15H31N3O/c1-6-18(15(19)14(16)11(2)3)13-9-7-12(8-10-13)17(4)5/h11-14H,6-10,16H2,1-5H3. The fourth-order valence-corrected chi connectivity index (χ4v) is 2.96. The summed E-state index contributed by atoms with van der Waals surface area (Å²) >= 11 is 0. The molecule has 4 heteroatoms. The van der Waals surface area contributed by atoms with Gasteiger partial charge in [0.15, 0.2) is 0 Å². The van der Waals surface area contributed by atoms with Crippen molar-refractivity contribution in [3.63, 3.8) is 0 Å². The molecule has 112 valence electrons. The molecule has 1 atom stereocenters. The van der Waals surface area contributed by atoms with Gasteiger partial charge < -0.3 is 15.5 Å². The van der Waals surface area contributed by atoms with E-state index >= 15 is 0 Å². The van der Waals surface area contributed by atoms with Crippen LogP contribution in [0.4, 0.5) is 0 Å². The van der Waals surface area contributed by atoms with E-state index in [4.69, 9.17) is 5.73 Å². The van der Waals surface area contributed by atoms with Gasteiger partial charge in [-0.3, -0.25) is 4.79 Å². The Labute approximate surface area is 118 Å². The van der Waals surface area contributed by atoms with Crippen LogP contribution >= 0.6 is 0 Å². The third-order valence-corrected chi connectivity index (χ3v) is 4.46. The fraction of sp³-hybridized carbons (Fsp3) is 0.933. The van der Waals surface area contributed by atoms with Crippen LogP contribution in [0.5, 0.6) is 0 Å². The van der Waals surface area contributed by atoms with Crippen molar-refractivity contribution >= 4 is 5.91 Å². The highest BCUT2D eigenvalue weighted by Gasteiger charge is 2.31. The van der Waals surface area contributed by atoms with Crippen molar-refractivity contribution in [3.05, 3.63) is 0 Å². The van der Waals surface area contributed by atoms with Gasteiger partial charge in [-0.05, 0) is 52.6 Å². The minimum Gasteiger partial charge on any atom is -0.339 e. The number of carbonyl (C=O) groups excluding carboxylic acids is 1. The monoisotopic (exact) mass is 269 g/mol. The van der Waals surface area contributed by atoms with Crippen LogP contribution in [0.1, 0.15) is 46.5 Å². The fourth-order valence-electron chi connectivity index (χ4n) is 2.96. The zero-order chi connectivity index (χ0) is 14.6. The Morgan fingerprint density at radius 1 is 1.16 bits per heavy atom. The lowest BCUT2D eigenvalue weighted by Crippen LogP contribution is -2.52. The van der Waals surface area contributed by atoms with Crippen molar-refractivity contribution in [1.29, 1.82) is 0 Å². The summed E-state index contributed by atoms with van der Waals surface area (Å²) in [5.41, 5.74) is 6.02. The van der Waals surface area contributed by atoms with Crippen LogP contribution in [-0.2, 0) is 4.79 Å². The van der Waals surface area contributed by atoms with E-state index in [0.717, 1.165) is 19.4 Å². The number of hydrogen-bond acceptors (Lipinski definition) is 3. The summed E-state index contributed by atoms with van der Waals surface area (Å²) in [7, 11) is 4.28. The maximum Gasteiger partial charge on any atom is 0.239 e. The molecular weight excluding hydrogens is 238 g/mol. The second-order valence-corrected chi connectivity index (χ2v) is 6.32. The molecule has 0 aromatic rings. The molecular formula is C15H31N3O. The van der Waals surface area contributed by atoms with Gasteiger partial charge in [-0.25, -0.2) is 0 Å². The predicted octanol–water partition coefficient (Wildman–Crippen LogP) is 1.69. The highest BCUT2D eigenvalue weighted by Crippen LogP contribution is 2.26. The molecule has 0 heterocycles. The molecule has 1 unspecified atom stereocenters. The van der Waals surface area contributed by atoms with Crippen molar-refractivity contribution < 1.29 is 4.79 Å². The van der Waals surface area contributed by atoms with Gasteiger partial charge in [-0.1, -0.05) is 13.8 Å². The van der Waals surface area contributed by atoms with Gasteiger partial charge in [-0.15, -0.1) is 0 Å². The highest BCUT2D eigenvalue weighted by atomic mass is 16.2. The zero-order valence-electron chi connectivity index (χ0n) is 13.2. The number of nitrogens with zero attached hydrogens (tertiary/aromatic N) is 2. The Morgan fingerprint density at radius 3 is 2.00 bits per heavy atom. The quantitative estimate of drug-likeness (QED) is 0.826. The largest absolute Gasteiger partial charge is 0.339 e. The highest BCUT2D eigenvalue weighted by molar-refractivity contribution is 5.82. The summed E-state index contributed by atoms with van der Waals surface area (Å²) in [4.78, 5) is 16.7. The SMILES string of the molecule is CCN(C(=O)C(N)C(C)C)C1CCC(N(C)C)CC1. The van der Waals surface area contributed by atoms with Crippen molar-refractivity contribution in [2.45, 2.75) is 64.6 Å². The summed E-state index contributed by atoms with van der Waals surface area (Å²) in [6.45, 7) is 6.86. The maximum absolute atomic E-state index is 12.4. The number of rotatable bonds is 5. The first-order valence-corrected chi connectivity index (χ1v) is 7.60. The average Bonchev–Trinajstić information content (AvgIpc) is 2.38. The third kappa shape index (κ3) is 4.18. The molecule has 1 saturated carbocycles. The van der Waals surface area contributed by atoms with Gasteiger partial charge in [0.25, 0.3) is 0 Å². The molecule has 2 N–H and O–H groups in total. The molecule has 0 aromatic heterocycles. The molecule has 19 heavy (non-hydrogen) atoms. The third-order valence-electron chi connectivity index (χ3n) is 4.46. The first-order chi connectivity index (χ1) is 8.88. The van der Waals surface area contributed by atoms with Gasteiger partial charge in [-0.2, -0.15) is 0 Å². The summed E-state index contributed by atoms with van der Waals surface area (Å²) in [5.74, 6) is 0.338. The van der Waals surface area contributed by atoms with E-state index in [9.17, 15) is 4.79 Å². The molecule has 0 saturated heterocycles. The lowest BCUT2D eigenvalue weighted by atomic mass is 9.89. The van der Waals surface area contributed by atoms with Crippen LogP contribution in [-0.4, -0.2) is 54.5 Å². The summed E-state index contributed by atoms with van der Waals surface area (Å²) in [5, 5.41) is 0. The molecule has 4 nitrogen and oxygen atoms in total. The Hall–Kier alpha value is -0.610. The molecule has 1 aliphatic carbocycles. The molecule has 0 radical (unpaired) electrons. The van der Waals surface area contributed by atoms with E-state index < -0.39 is 0 Å². The van der Waals surface area contributed by atoms with Crippen LogP contribution in [0.3, 0.4) is 0 Å². The van der Waals surface area contributed by atoms with E-state index in [0.29, 0.717) is 12.1 Å². The van der Waals surface area contributed by atoms with Crippen LogP contribution in [0.2, 0.25) is 0 Å². The van der Waals surface area contributed by atoms with E-state index in [1.54, 1.807) is 0 Å². The van der Waals surface area contributed by atoms with Gasteiger partial charge >= 0.3 is 0 Å². The maximum atomic E-state index is 12.4. The number of likely N-dealkylation sites (N-methyl/N-ethyl adjacent to an activating group) is 1. The molecule has 0 aromatic carbocycles. The summed E-state index contributed by atoms with van der Waals surface area (Å²) in [6, 6.07) is 0.703. The lowest BCUT2D eigenvalue weighted by molar-refractivity contribution is -0.136. The van der Waals surface area contributed by atoms with Crippen molar-refractivity contribution in [2.24, 2.45) is 11.7 Å². The Morgan fingerprint density at radius 2 is 1.63 bits per heavy atom. The van der Waals surface area contributed by atoms with Crippen LogP contribution in [0.25, 0.3) is 0 Å². The van der Waals surface area contributed by atoms with Gasteiger partial charge in [0.1, 0.15) is 0 Å². The topological polar surface area (TPSA) is 49.6 Å². The Kier molecular flexibility index (Phi) is 6.27. The van der Waals surface area contributed by atoms with E-state index in [1.165, 1.54) is 12.8 Å². The van der Waals surface area contributed by atoms with Crippen molar-refractivity contribution in [3.8, 4) is 0 Å². The van der Waals surface area contributed by atoms with Crippen LogP contribution in [0.15, 0.2) is 0 Å². The van der Waals surface area contributed by atoms with Crippen molar-refractivity contribution in [2.75, 3.05) is 20.6 Å². The first-order valence-electron chi connectivity index (χ1n) is 7.60. The molecule has 1 amide bonds. The van der Waals surface area contributed by atoms with Gasteiger partial charge in [0.05, 0.1) is 6.04 Å². The minimum absolute atomic E-state index is 0.130. The number of carbonyl (C=O) groups is 1. The Balaban J connectivity index is 2.60. The van der Waals surface area contributed by atoms with Gasteiger partial charge in [0, 0.05) is 18.6 Å². The predicted molar refractivity (Wildman–Crippen MR) is 79.9 cm³/mol. The van der Waals surface area contributed by atoms with Crippen molar-refractivity contribution in [1.82, 2.24) is 9.80 Å². The second kappa shape index (κ2) is 7.25. The van der Waals surface area contributed by atoms with E-state index in [-0.39, 0.29) is 17.9 Å². The lowest BCUT2D eigenvalue weighted by Gasteiger charge is -2.39. The second-order valence-electron chi connectivity index (χ2n) is 6.32.